The molecule has 0 saturated carbocycles. The van der Waals surface area contributed by atoms with Gasteiger partial charge in [-0.15, -0.1) is 0 Å². The van der Waals surface area contributed by atoms with E-state index in [0.29, 0.717) is 40.3 Å². The number of aromatic nitrogens is 5. The summed E-state index contributed by atoms with van der Waals surface area (Å²) in [6.45, 7) is 11.5. The van der Waals surface area contributed by atoms with Crippen LogP contribution in [0.3, 0.4) is 0 Å². The number of anilines is 2. The normalized spacial score (nSPS) is 12.1. The second kappa shape index (κ2) is 13.2. The third-order valence-corrected chi connectivity index (χ3v) is 7.79. The molecule has 3 aromatic heterocycles. The number of rotatable bonds is 12. The molecule has 5 aromatic rings. The Morgan fingerprint density at radius 1 is 1.11 bits per heavy atom. The maximum atomic E-state index is 15.6. The maximum absolute atomic E-state index is 15.6. The number of imidazole rings is 1. The van der Waals surface area contributed by atoms with Crippen molar-refractivity contribution in [3.05, 3.63) is 84.8 Å². The molecule has 0 bridgehead atoms. The molecule has 44 heavy (non-hydrogen) atoms. The number of hydrogen-bond acceptors (Lipinski definition) is 7. The molecule has 0 radical (unpaired) electrons. The van der Waals surface area contributed by atoms with E-state index in [0.717, 1.165) is 36.0 Å². The van der Waals surface area contributed by atoms with Crippen molar-refractivity contribution in [3.8, 4) is 11.5 Å². The van der Waals surface area contributed by atoms with E-state index in [1.165, 1.54) is 12.4 Å². The first-order valence-electron chi connectivity index (χ1n) is 14.9. The fraction of sp³-hybridized carbons (Fsp3) is 0.324. The highest BCUT2D eigenvalue weighted by Crippen LogP contribution is 2.33. The Morgan fingerprint density at radius 3 is 2.68 bits per heavy atom. The van der Waals surface area contributed by atoms with Crippen molar-refractivity contribution in [2.45, 2.75) is 65.5 Å². The van der Waals surface area contributed by atoms with Gasteiger partial charge in [0.15, 0.2) is 11.6 Å². The number of fused-ring (bicyclic) bond motifs is 2. The van der Waals surface area contributed by atoms with Crippen molar-refractivity contribution in [3.63, 3.8) is 0 Å². The lowest BCUT2D eigenvalue weighted by atomic mass is 10.0. The smallest absolute Gasteiger partial charge is 0.246 e. The molecule has 1 N–H and O–H groups in total. The van der Waals surface area contributed by atoms with Crippen LogP contribution in [0.2, 0.25) is 0 Å². The Hall–Kier alpha value is -4.86. The number of carbonyl (C=O) groups excluding carboxylic acids is 1. The fourth-order valence-corrected chi connectivity index (χ4v) is 5.55. The molecule has 1 amide bonds. The molecule has 0 spiro atoms. The van der Waals surface area contributed by atoms with Crippen LogP contribution in [0.25, 0.3) is 22.1 Å². The highest BCUT2D eigenvalue weighted by atomic mass is 19.1. The quantitative estimate of drug-likeness (QED) is 0.150. The zero-order valence-electron chi connectivity index (χ0n) is 25.8. The van der Waals surface area contributed by atoms with Crippen LogP contribution in [0, 0.1) is 12.7 Å². The third-order valence-electron chi connectivity index (χ3n) is 7.79. The van der Waals surface area contributed by atoms with Crippen molar-refractivity contribution in [1.82, 2.24) is 29.4 Å². The van der Waals surface area contributed by atoms with E-state index in [4.69, 9.17) is 9.72 Å². The van der Waals surface area contributed by atoms with Crippen molar-refractivity contribution in [2.75, 3.05) is 5.32 Å². The molecule has 0 unspecified atom stereocenters. The summed E-state index contributed by atoms with van der Waals surface area (Å²) in [4.78, 5) is 32.5. The summed E-state index contributed by atoms with van der Waals surface area (Å²) in [6, 6.07) is 12.9. The van der Waals surface area contributed by atoms with Crippen molar-refractivity contribution in [1.29, 1.82) is 0 Å². The molecule has 2 aromatic carbocycles. The van der Waals surface area contributed by atoms with Gasteiger partial charge in [-0.05, 0) is 82.5 Å². The second-order valence-corrected chi connectivity index (χ2v) is 11.2. The van der Waals surface area contributed by atoms with Crippen LogP contribution < -0.4 is 10.1 Å². The first-order chi connectivity index (χ1) is 21.2. The van der Waals surface area contributed by atoms with E-state index in [-0.39, 0.29) is 23.7 Å². The number of nitrogens with zero attached hydrogens (tertiary/aromatic N) is 6. The average molecular weight is 596 g/mol. The number of pyridine rings is 1. The van der Waals surface area contributed by atoms with Crippen LogP contribution in [0.15, 0.2) is 67.8 Å². The molecule has 228 valence electrons. The number of hydrogen-bond donors (Lipinski definition) is 1. The molecule has 0 saturated heterocycles. The maximum Gasteiger partial charge on any atom is 0.246 e. The summed E-state index contributed by atoms with van der Waals surface area (Å²) in [5, 5.41) is 3.12. The van der Waals surface area contributed by atoms with Crippen LogP contribution in [0.4, 0.5) is 15.9 Å². The Labute approximate surface area is 256 Å². The summed E-state index contributed by atoms with van der Waals surface area (Å²) < 4.78 is 23.6. The van der Waals surface area contributed by atoms with Crippen LogP contribution in [0.1, 0.15) is 51.3 Å². The summed E-state index contributed by atoms with van der Waals surface area (Å²) in [6.07, 6.45) is 7.81. The fourth-order valence-electron chi connectivity index (χ4n) is 5.55. The Balaban J connectivity index is 1.36. The van der Waals surface area contributed by atoms with Gasteiger partial charge in [0.05, 0.1) is 28.6 Å². The lowest BCUT2D eigenvalue weighted by Crippen LogP contribution is -2.44. The minimum Gasteiger partial charge on any atom is -0.457 e. The number of benzene rings is 2. The first kappa shape index (κ1) is 30.6. The highest BCUT2D eigenvalue weighted by Gasteiger charge is 2.24. The van der Waals surface area contributed by atoms with E-state index in [2.05, 4.69) is 33.8 Å². The molecular formula is C34H38FN7O2. The number of nitrogens with one attached hydrogen (secondary N) is 1. The predicted octanol–water partition coefficient (Wildman–Crippen LogP) is 7.42. The van der Waals surface area contributed by atoms with Crippen LogP contribution in [-0.2, 0) is 18.3 Å². The number of halogens is 1. The third kappa shape index (κ3) is 6.39. The van der Waals surface area contributed by atoms with Gasteiger partial charge in [-0.1, -0.05) is 19.9 Å². The number of amides is 1. The van der Waals surface area contributed by atoms with E-state index in [1.807, 2.05) is 60.7 Å². The van der Waals surface area contributed by atoms with Gasteiger partial charge in [-0.25, -0.2) is 24.3 Å². The Bertz CT molecular complexity index is 1820. The molecular weight excluding hydrogens is 557 g/mol. The summed E-state index contributed by atoms with van der Waals surface area (Å²) in [5.74, 6) is 0.869. The zero-order chi connectivity index (χ0) is 31.4. The van der Waals surface area contributed by atoms with Crippen molar-refractivity contribution in [2.24, 2.45) is 7.05 Å². The van der Waals surface area contributed by atoms with Crippen LogP contribution in [-0.4, -0.2) is 47.4 Å². The zero-order valence-corrected chi connectivity index (χ0v) is 25.8. The number of ether oxygens (including phenoxy) is 1. The van der Waals surface area contributed by atoms with E-state index in [9.17, 15) is 4.79 Å². The van der Waals surface area contributed by atoms with Crippen LogP contribution >= 0.6 is 0 Å². The standard InChI is InChI=1S/C34H38FN7O2/c1-7-9-24(42(21(3)4)31(43)8-2)12-10-23-11-14-27-33(39-23)34(37-19-36-27)40-26-15-17-30(22(5)32(26)35)44-25-13-16-29-28(18-25)38-20-41(29)6/h8,11,13-21,24H,2,7,9-10,12H2,1,3-6H3,(H,36,37,40)/t24-/m1/s1. The molecule has 0 aliphatic heterocycles. The SMILES string of the molecule is C=CC(=O)N(C(C)C)[C@H](CCC)CCc1ccc2ncnc(Nc3ccc(Oc4ccc5c(c4)ncn5C)c(C)c3F)c2n1. The number of carbonyl (C=O) groups is 1. The predicted molar refractivity (Wildman–Crippen MR) is 172 cm³/mol. The highest BCUT2D eigenvalue weighted by molar-refractivity contribution is 5.88. The molecule has 3 heterocycles. The topological polar surface area (TPSA) is 98.1 Å². The van der Waals surface area contributed by atoms with Gasteiger partial charge in [0.25, 0.3) is 0 Å². The second-order valence-electron chi connectivity index (χ2n) is 11.2. The van der Waals surface area contributed by atoms with E-state index >= 15 is 4.39 Å². The molecule has 0 fully saturated rings. The van der Waals surface area contributed by atoms with Gasteiger partial charge in [-0.2, -0.15) is 0 Å². The van der Waals surface area contributed by atoms with Gasteiger partial charge in [0, 0.05) is 36.5 Å². The first-order valence-corrected chi connectivity index (χ1v) is 14.9. The Kier molecular flexibility index (Phi) is 9.18. The lowest BCUT2D eigenvalue weighted by Gasteiger charge is -2.34. The average Bonchev–Trinajstić information content (AvgIpc) is 3.39. The van der Waals surface area contributed by atoms with E-state index < -0.39 is 5.82 Å². The minimum atomic E-state index is -0.451. The van der Waals surface area contributed by atoms with Gasteiger partial charge in [-0.3, -0.25) is 4.79 Å². The summed E-state index contributed by atoms with van der Waals surface area (Å²) in [5.41, 5.74) is 4.41. The van der Waals surface area contributed by atoms with Gasteiger partial charge in [0.2, 0.25) is 5.91 Å². The molecule has 1 atom stereocenters. The van der Waals surface area contributed by atoms with E-state index in [1.54, 1.807) is 25.4 Å². The largest absolute Gasteiger partial charge is 0.457 e. The summed E-state index contributed by atoms with van der Waals surface area (Å²) in [7, 11) is 1.93. The van der Waals surface area contributed by atoms with Crippen LogP contribution in [0.5, 0.6) is 11.5 Å². The Morgan fingerprint density at radius 2 is 1.93 bits per heavy atom. The van der Waals surface area contributed by atoms with Gasteiger partial charge >= 0.3 is 0 Å². The molecule has 5 rings (SSSR count). The van der Waals surface area contributed by atoms with Crippen molar-refractivity contribution >= 4 is 39.5 Å². The lowest BCUT2D eigenvalue weighted by molar-refractivity contribution is -0.130. The summed E-state index contributed by atoms with van der Waals surface area (Å²) >= 11 is 0. The van der Waals surface area contributed by atoms with Gasteiger partial charge in [0.1, 0.15) is 23.3 Å². The minimum absolute atomic E-state index is 0.0607. The molecule has 9 nitrogen and oxygen atoms in total. The van der Waals surface area contributed by atoms with Gasteiger partial charge < -0.3 is 19.5 Å². The molecule has 0 aliphatic carbocycles. The molecule has 10 heteroatoms. The monoisotopic (exact) mass is 595 g/mol. The number of aryl methyl sites for hydroxylation is 2. The van der Waals surface area contributed by atoms with Crippen molar-refractivity contribution < 1.29 is 13.9 Å². The molecule has 0 aliphatic rings.